The van der Waals surface area contributed by atoms with E-state index in [1.807, 2.05) is 61.1 Å². The van der Waals surface area contributed by atoms with Crippen molar-refractivity contribution in [1.82, 2.24) is 24.5 Å². The highest BCUT2D eigenvalue weighted by Gasteiger charge is 2.59. The van der Waals surface area contributed by atoms with E-state index in [0.29, 0.717) is 33.7 Å². The van der Waals surface area contributed by atoms with Gasteiger partial charge in [0.2, 0.25) is 0 Å². The van der Waals surface area contributed by atoms with Gasteiger partial charge in [0.15, 0.2) is 0 Å². The first kappa shape index (κ1) is 29.3. The molecule has 2 bridgehead atoms. The number of aromatic nitrogens is 5. The van der Waals surface area contributed by atoms with Crippen molar-refractivity contribution in [2.45, 2.75) is 71.5 Å². The molecule has 1 atom stereocenters. The van der Waals surface area contributed by atoms with Gasteiger partial charge >= 0.3 is 0 Å². The molecule has 45 heavy (non-hydrogen) atoms. The summed E-state index contributed by atoms with van der Waals surface area (Å²) in [7, 11) is 0. The summed E-state index contributed by atoms with van der Waals surface area (Å²) in [5.41, 5.74) is 4.22. The molecule has 0 amide bonds. The van der Waals surface area contributed by atoms with E-state index in [4.69, 9.17) is 11.6 Å². The Labute approximate surface area is 267 Å². The molecule has 3 aliphatic carbocycles. The molecule has 0 aliphatic heterocycles. The van der Waals surface area contributed by atoms with Crippen LogP contribution in [0.2, 0.25) is 5.02 Å². The third-order valence-corrected chi connectivity index (χ3v) is 9.61. The molecule has 3 aliphatic rings. The Balaban J connectivity index is 1.37. The molecule has 0 radical (unpaired) electrons. The zero-order chi connectivity index (χ0) is 31.7. The smallest absolute Gasteiger partial charge is 0.258 e. The highest BCUT2D eigenvalue weighted by Crippen LogP contribution is 2.62. The number of rotatable bonds is 8. The Morgan fingerprint density at radius 1 is 1.13 bits per heavy atom. The van der Waals surface area contributed by atoms with E-state index in [-0.39, 0.29) is 22.6 Å². The molecule has 0 spiro atoms. The summed E-state index contributed by atoms with van der Waals surface area (Å²) in [6.07, 6.45) is 8.93. The lowest BCUT2D eigenvalue weighted by Gasteiger charge is -2.61. The Kier molecular flexibility index (Phi) is 6.90. The second-order valence-electron chi connectivity index (χ2n) is 14.2. The van der Waals surface area contributed by atoms with Crippen molar-refractivity contribution >= 4 is 44.7 Å². The number of hydrogen-bond donors (Lipinski definition) is 2. The molecule has 0 unspecified atom stereocenters. The van der Waals surface area contributed by atoms with Gasteiger partial charge < -0.3 is 15.2 Å². The Hall–Kier alpha value is -4.42. The zero-order valence-electron chi connectivity index (χ0n) is 26.2. The number of fused-ring (bicyclic) bond motifs is 2. The molecule has 3 aromatic heterocycles. The molecule has 2 N–H and O–H groups in total. The van der Waals surface area contributed by atoms with Crippen molar-refractivity contribution in [2.24, 2.45) is 11.3 Å². The van der Waals surface area contributed by atoms with Gasteiger partial charge in [-0.1, -0.05) is 49.7 Å². The number of hydrogen-bond acceptors (Lipinski definition) is 7. The highest BCUT2D eigenvalue weighted by molar-refractivity contribution is 6.35. The summed E-state index contributed by atoms with van der Waals surface area (Å²) in [4.78, 5) is 18.0. The van der Waals surface area contributed by atoms with E-state index in [0.717, 1.165) is 52.9 Å². The van der Waals surface area contributed by atoms with Gasteiger partial charge in [-0.25, -0.2) is 4.68 Å². The number of anilines is 2. The Bertz CT molecular complexity index is 2050. The molecule has 3 heterocycles. The predicted octanol–water partition coefficient (Wildman–Crippen LogP) is 7.42. The predicted molar refractivity (Wildman–Crippen MR) is 179 cm³/mol. The average Bonchev–Trinajstić information content (AvgIpc) is 3.41. The van der Waals surface area contributed by atoms with Crippen molar-refractivity contribution in [3.05, 3.63) is 87.2 Å². The van der Waals surface area contributed by atoms with Crippen molar-refractivity contribution in [2.75, 3.05) is 17.2 Å². The first-order valence-electron chi connectivity index (χ1n) is 15.6. The molecular weight excluding hydrogens is 584 g/mol. The molecule has 2 aromatic carbocycles. The third-order valence-electron chi connectivity index (χ3n) is 9.32. The lowest BCUT2D eigenvalue weighted by Crippen LogP contribution is -2.59. The summed E-state index contributed by atoms with van der Waals surface area (Å²) in [5.74, 6) is 0.806. The van der Waals surface area contributed by atoms with Gasteiger partial charge in [-0.3, -0.25) is 9.78 Å². The molecule has 10 heteroatoms. The van der Waals surface area contributed by atoms with Crippen LogP contribution in [-0.2, 0) is 5.54 Å². The molecule has 230 valence electrons. The maximum atomic E-state index is 13.5. The summed E-state index contributed by atoms with van der Waals surface area (Å²) in [6.45, 7) is 11.1. The van der Waals surface area contributed by atoms with Gasteiger partial charge in [0.05, 0.1) is 39.6 Å². The number of pyridine rings is 2. The van der Waals surface area contributed by atoms with Crippen LogP contribution in [0.15, 0.2) is 59.8 Å². The van der Waals surface area contributed by atoms with Crippen LogP contribution in [-0.4, -0.2) is 31.1 Å². The van der Waals surface area contributed by atoms with Crippen LogP contribution in [0.4, 0.5) is 11.4 Å². The largest absolute Gasteiger partial charge is 0.383 e. The molecule has 3 fully saturated rings. The minimum atomic E-state index is -0.435. The number of benzene rings is 2. The molecular formula is C35H37ClN8O. The fourth-order valence-electron chi connectivity index (χ4n) is 6.78. The van der Waals surface area contributed by atoms with Crippen LogP contribution in [0.25, 0.3) is 21.7 Å². The normalized spacial score (nSPS) is 19.6. The van der Waals surface area contributed by atoms with Crippen LogP contribution < -0.4 is 16.2 Å². The monoisotopic (exact) mass is 620 g/mol. The second kappa shape index (κ2) is 10.6. The molecule has 9 nitrogen and oxygen atoms in total. The summed E-state index contributed by atoms with van der Waals surface area (Å²) in [6, 6.07) is 13.6. The quantitative estimate of drug-likeness (QED) is 0.186. The van der Waals surface area contributed by atoms with Crippen LogP contribution >= 0.6 is 11.6 Å². The summed E-state index contributed by atoms with van der Waals surface area (Å²) >= 11 is 6.86. The molecule has 3 saturated carbocycles. The van der Waals surface area contributed by atoms with E-state index in [1.165, 1.54) is 0 Å². The SMILES string of the molecule is CC(C)n1ccc2c([C@H](Nc3cc(Cl)c4ncc(C#N)c(NCC(C)(C)C)c4c3)c3cn(C45CC(C4)C5)nn3)cccc2c1=O. The minimum absolute atomic E-state index is 0.0121. The van der Waals surface area contributed by atoms with Crippen LogP contribution in [0.3, 0.4) is 0 Å². The first-order valence-corrected chi connectivity index (χ1v) is 15.9. The summed E-state index contributed by atoms with van der Waals surface area (Å²) in [5, 5.41) is 29.1. The topological polar surface area (TPSA) is 113 Å². The highest BCUT2D eigenvalue weighted by atomic mass is 35.5. The Morgan fingerprint density at radius 2 is 1.91 bits per heavy atom. The molecule has 0 saturated heterocycles. The van der Waals surface area contributed by atoms with Crippen LogP contribution in [0, 0.1) is 22.7 Å². The maximum absolute atomic E-state index is 13.5. The van der Waals surface area contributed by atoms with Crippen molar-refractivity contribution in [3.8, 4) is 6.07 Å². The fourth-order valence-corrected chi connectivity index (χ4v) is 7.05. The lowest BCUT2D eigenvalue weighted by atomic mass is 9.50. The van der Waals surface area contributed by atoms with Gasteiger partial charge in [0, 0.05) is 41.4 Å². The van der Waals surface area contributed by atoms with Crippen molar-refractivity contribution in [1.29, 1.82) is 5.26 Å². The summed E-state index contributed by atoms with van der Waals surface area (Å²) < 4.78 is 3.79. The van der Waals surface area contributed by atoms with Gasteiger partial charge in [-0.2, -0.15) is 5.26 Å². The zero-order valence-corrected chi connectivity index (χ0v) is 27.0. The molecule has 8 rings (SSSR count). The second-order valence-corrected chi connectivity index (χ2v) is 14.6. The third kappa shape index (κ3) is 5.01. The number of nitrogens with one attached hydrogen (secondary N) is 2. The van der Waals surface area contributed by atoms with Gasteiger partial charge in [-0.05, 0) is 79.7 Å². The van der Waals surface area contributed by atoms with Crippen molar-refractivity contribution < 1.29 is 0 Å². The first-order chi connectivity index (χ1) is 21.5. The van der Waals surface area contributed by atoms with Gasteiger partial charge in [-0.15, -0.1) is 5.10 Å². The maximum Gasteiger partial charge on any atom is 0.258 e. The van der Waals surface area contributed by atoms with E-state index in [2.05, 4.69) is 59.0 Å². The van der Waals surface area contributed by atoms with Crippen LogP contribution in [0.1, 0.15) is 82.8 Å². The Morgan fingerprint density at radius 3 is 2.58 bits per heavy atom. The lowest BCUT2D eigenvalue weighted by molar-refractivity contribution is -0.0989. The molecule has 5 aromatic rings. The van der Waals surface area contributed by atoms with E-state index in [9.17, 15) is 10.1 Å². The average molecular weight is 621 g/mol. The fraction of sp³-hybridized carbons (Fsp3) is 0.400. The number of nitriles is 1. The van der Waals surface area contributed by atoms with E-state index in [1.54, 1.807) is 10.8 Å². The van der Waals surface area contributed by atoms with E-state index >= 15 is 0 Å². The van der Waals surface area contributed by atoms with Crippen LogP contribution in [0.5, 0.6) is 0 Å². The van der Waals surface area contributed by atoms with Gasteiger partial charge in [0.1, 0.15) is 11.8 Å². The standard InChI is InChI=1S/C35H37ClN8O/c1-20(2)43-10-9-24-25(7-6-8-26(24)33(43)45)32(29-18-44(42-41-29)35-13-21(14-35)15-35)40-23-11-27-30(39-19-34(3,4)5)22(16-37)17-38-31(27)28(36)12-23/h6-12,17-18,20-21,32,40H,13-15,19H2,1-5H3,(H,38,39)/t21?,32-,35?/m0/s1. The van der Waals surface area contributed by atoms with E-state index < -0.39 is 6.04 Å². The van der Waals surface area contributed by atoms with Crippen molar-refractivity contribution in [3.63, 3.8) is 0 Å². The minimum Gasteiger partial charge on any atom is -0.383 e. The number of halogens is 1. The number of nitrogens with zero attached hydrogens (tertiary/aromatic N) is 6. The van der Waals surface area contributed by atoms with Gasteiger partial charge in [0.25, 0.3) is 5.56 Å².